The van der Waals surface area contributed by atoms with Crippen LogP contribution in [-0.2, 0) is 28.7 Å². The summed E-state index contributed by atoms with van der Waals surface area (Å²) in [5, 5.41) is 52.4. The predicted octanol–water partition coefficient (Wildman–Crippen LogP) is -3.66. The summed E-state index contributed by atoms with van der Waals surface area (Å²) in [6, 6.07) is 0. The zero-order chi connectivity index (χ0) is 16.8. The molecule has 0 heterocycles. The molecule has 0 saturated heterocycles. The zero-order valence-electron chi connectivity index (χ0n) is 10.2. The number of aliphatic hydroxyl groups excluding tert-OH is 2. The highest BCUT2D eigenvalue weighted by atomic mass is 17.0. The number of carbonyl (C=O) groups is 4. The van der Waals surface area contributed by atoms with E-state index in [1.165, 1.54) is 0 Å². The van der Waals surface area contributed by atoms with Crippen molar-refractivity contribution in [2.24, 2.45) is 0 Å². The standard InChI is InChI=1S/C9H12O12/c10-3(1-5(12)13)7(16)20-9(18,19)21-8(17)4(11)2-6(14)15/h3-4,10-11,18-19H,1-2H2,(H,12,13)(H,14,15). The van der Waals surface area contributed by atoms with Crippen molar-refractivity contribution >= 4 is 23.9 Å². The number of carboxylic acid groups (broad SMARTS) is 2. The molecule has 0 aliphatic carbocycles. The van der Waals surface area contributed by atoms with Crippen LogP contribution in [0.4, 0.5) is 0 Å². The van der Waals surface area contributed by atoms with Gasteiger partial charge in [-0.15, -0.1) is 0 Å². The minimum Gasteiger partial charge on any atom is -0.481 e. The van der Waals surface area contributed by atoms with Crippen LogP contribution in [0.5, 0.6) is 0 Å². The van der Waals surface area contributed by atoms with Gasteiger partial charge in [-0.05, 0) is 0 Å². The van der Waals surface area contributed by atoms with Crippen LogP contribution in [0.15, 0.2) is 0 Å². The molecule has 12 heteroatoms. The monoisotopic (exact) mass is 312 g/mol. The largest absolute Gasteiger partial charge is 0.509 e. The van der Waals surface area contributed by atoms with Crippen LogP contribution in [0.3, 0.4) is 0 Å². The summed E-state index contributed by atoms with van der Waals surface area (Å²) in [6.07, 6.45) is -10.7. The smallest absolute Gasteiger partial charge is 0.481 e. The Morgan fingerprint density at radius 2 is 1.10 bits per heavy atom. The average molecular weight is 312 g/mol. The normalized spacial score (nSPS) is 13.9. The molecule has 0 amide bonds. The third-order valence-corrected chi connectivity index (χ3v) is 1.75. The number of ether oxygens (including phenoxy) is 2. The van der Waals surface area contributed by atoms with Gasteiger partial charge in [0.15, 0.2) is 12.2 Å². The summed E-state index contributed by atoms with van der Waals surface area (Å²) >= 11 is 0. The maximum Gasteiger partial charge on any atom is 0.509 e. The summed E-state index contributed by atoms with van der Waals surface area (Å²) in [5.74, 6) is -6.89. The highest BCUT2D eigenvalue weighted by Gasteiger charge is 2.39. The summed E-state index contributed by atoms with van der Waals surface area (Å²) in [7, 11) is 0. The number of aliphatic hydroxyl groups is 4. The average Bonchev–Trinajstić information content (AvgIpc) is 2.25. The van der Waals surface area contributed by atoms with Crippen molar-refractivity contribution in [2.75, 3.05) is 0 Å². The molecule has 120 valence electrons. The highest BCUT2D eigenvalue weighted by molar-refractivity contribution is 5.82. The van der Waals surface area contributed by atoms with Crippen LogP contribution in [0.1, 0.15) is 12.8 Å². The van der Waals surface area contributed by atoms with Crippen molar-refractivity contribution < 1.29 is 59.3 Å². The second-order valence-corrected chi connectivity index (χ2v) is 3.62. The molecule has 6 N–H and O–H groups in total. The number of hydrogen-bond acceptors (Lipinski definition) is 10. The van der Waals surface area contributed by atoms with Crippen molar-refractivity contribution in [3.8, 4) is 0 Å². The topological polar surface area (TPSA) is 208 Å². The molecule has 0 fully saturated rings. The maximum absolute atomic E-state index is 11.0. The lowest BCUT2D eigenvalue weighted by Gasteiger charge is -2.22. The number of carboxylic acids is 2. The predicted molar refractivity (Wildman–Crippen MR) is 55.9 cm³/mol. The first kappa shape index (κ1) is 18.7. The number of carbonyl (C=O) groups excluding carboxylic acids is 2. The van der Waals surface area contributed by atoms with E-state index < -0.39 is 55.1 Å². The molecule has 2 atom stereocenters. The second-order valence-electron chi connectivity index (χ2n) is 3.62. The molecule has 0 aliphatic heterocycles. The Kier molecular flexibility index (Phi) is 6.68. The molecule has 0 aromatic rings. The molecule has 2 unspecified atom stereocenters. The Labute approximate surface area is 115 Å². The maximum atomic E-state index is 11.0. The van der Waals surface area contributed by atoms with E-state index >= 15 is 0 Å². The Morgan fingerprint density at radius 1 is 0.810 bits per heavy atom. The Hall–Kier alpha value is -2.28. The molecule has 0 saturated carbocycles. The first-order valence-corrected chi connectivity index (χ1v) is 5.14. The van der Waals surface area contributed by atoms with Crippen LogP contribution in [0.2, 0.25) is 0 Å². The highest BCUT2D eigenvalue weighted by Crippen LogP contribution is 2.10. The molecule has 21 heavy (non-hydrogen) atoms. The van der Waals surface area contributed by atoms with Gasteiger partial charge in [0.25, 0.3) is 0 Å². The minimum absolute atomic E-state index is 1.12. The molecule has 0 rings (SSSR count). The van der Waals surface area contributed by atoms with Crippen LogP contribution in [0.25, 0.3) is 0 Å². The van der Waals surface area contributed by atoms with E-state index in [-0.39, 0.29) is 0 Å². The number of esters is 2. The lowest BCUT2D eigenvalue weighted by Crippen LogP contribution is -2.45. The van der Waals surface area contributed by atoms with Gasteiger partial charge < -0.3 is 29.9 Å². The van der Waals surface area contributed by atoms with Crippen molar-refractivity contribution in [2.45, 2.75) is 31.2 Å². The first-order chi connectivity index (χ1) is 9.44. The number of hydrogen-bond donors (Lipinski definition) is 6. The SMILES string of the molecule is O=C(O)CC(O)C(=O)OC(O)(O)OC(=O)C(O)CC(=O)O. The van der Waals surface area contributed by atoms with Gasteiger partial charge >= 0.3 is 30.0 Å². The molecule has 0 bridgehead atoms. The summed E-state index contributed by atoms with van der Waals surface area (Å²) in [6.45, 7) is 0. The molecule has 0 radical (unpaired) electrons. The van der Waals surface area contributed by atoms with E-state index in [9.17, 15) is 19.2 Å². The molecule has 12 nitrogen and oxygen atoms in total. The number of aliphatic carboxylic acids is 2. The quantitative estimate of drug-likeness (QED) is 0.189. The third-order valence-electron chi connectivity index (χ3n) is 1.75. The van der Waals surface area contributed by atoms with E-state index in [2.05, 4.69) is 9.47 Å². The van der Waals surface area contributed by atoms with Gasteiger partial charge in [0.05, 0.1) is 12.8 Å². The Bertz CT molecular complexity index is 388. The zero-order valence-corrected chi connectivity index (χ0v) is 10.2. The molecule has 0 aromatic heterocycles. The lowest BCUT2D eigenvalue weighted by molar-refractivity contribution is -0.436. The van der Waals surface area contributed by atoms with Gasteiger partial charge in [0, 0.05) is 0 Å². The van der Waals surface area contributed by atoms with Gasteiger partial charge in [-0.3, -0.25) is 19.8 Å². The fourth-order valence-corrected chi connectivity index (χ4v) is 0.916. The number of rotatable bonds is 8. The molecule has 0 spiro atoms. The van der Waals surface area contributed by atoms with E-state index in [0.29, 0.717) is 0 Å². The van der Waals surface area contributed by atoms with E-state index in [1.54, 1.807) is 0 Å². The third kappa shape index (κ3) is 7.78. The molecular weight excluding hydrogens is 300 g/mol. The van der Waals surface area contributed by atoms with Crippen LogP contribution in [0, 0.1) is 0 Å². The van der Waals surface area contributed by atoms with Crippen molar-refractivity contribution in [3.63, 3.8) is 0 Å². The Morgan fingerprint density at radius 3 is 1.33 bits per heavy atom. The second kappa shape index (κ2) is 7.49. The van der Waals surface area contributed by atoms with Gasteiger partial charge in [-0.2, -0.15) is 0 Å². The van der Waals surface area contributed by atoms with E-state index in [0.717, 1.165) is 0 Å². The van der Waals surface area contributed by atoms with Crippen molar-refractivity contribution in [3.05, 3.63) is 0 Å². The minimum atomic E-state index is -3.92. The summed E-state index contributed by atoms with van der Waals surface area (Å²) < 4.78 is 7.37. The van der Waals surface area contributed by atoms with Crippen molar-refractivity contribution in [1.29, 1.82) is 0 Å². The van der Waals surface area contributed by atoms with Gasteiger partial charge in [0.2, 0.25) is 0 Å². The summed E-state index contributed by atoms with van der Waals surface area (Å²) in [4.78, 5) is 42.4. The van der Waals surface area contributed by atoms with Crippen LogP contribution >= 0.6 is 0 Å². The Balaban J connectivity index is 4.55. The fourth-order valence-electron chi connectivity index (χ4n) is 0.916. The van der Waals surface area contributed by atoms with Gasteiger partial charge in [-0.1, -0.05) is 0 Å². The van der Waals surface area contributed by atoms with Crippen LogP contribution in [-0.4, -0.2) is 72.9 Å². The van der Waals surface area contributed by atoms with Gasteiger partial charge in [0.1, 0.15) is 0 Å². The van der Waals surface area contributed by atoms with Gasteiger partial charge in [-0.25, -0.2) is 9.59 Å². The first-order valence-electron chi connectivity index (χ1n) is 5.14. The van der Waals surface area contributed by atoms with Crippen LogP contribution < -0.4 is 0 Å². The summed E-state index contributed by atoms with van der Waals surface area (Å²) in [5.41, 5.74) is 0. The molecule has 0 aliphatic rings. The molecular formula is C9H12O12. The van der Waals surface area contributed by atoms with E-state index in [1.807, 2.05) is 0 Å². The molecule has 0 aromatic carbocycles. The fraction of sp³-hybridized carbons (Fsp3) is 0.556. The lowest BCUT2D eigenvalue weighted by atomic mass is 10.2. The van der Waals surface area contributed by atoms with Crippen molar-refractivity contribution in [1.82, 2.24) is 0 Å². The van der Waals surface area contributed by atoms with E-state index in [4.69, 9.17) is 30.6 Å².